The largest absolute Gasteiger partial charge is 0.0725 e. The van der Waals surface area contributed by atoms with E-state index in [0.29, 0.717) is 0 Å². The third-order valence-electron chi connectivity index (χ3n) is 6.19. The summed E-state index contributed by atoms with van der Waals surface area (Å²) in [5, 5.41) is 0. The molecule has 0 unspecified atom stereocenters. The van der Waals surface area contributed by atoms with Crippen molar-refractivity contribution in [1.82, 2.24) is 0 Å². The Labute approximate surface area is 173 Å². The standard InChI is InChI=1S/C27H17Br/c28-25-15-7-14-24-26(25)20-10-3-6-13-23(20)27(24)21-11-4-1-8-18(21)16-17-19-9-2-5-12-22(19)27/h1-17H. The van der Waals surface area contributed by atoms with Crippen LogP contribution in [-0.2, 0) is 5.41 Å². The van der Waals surface area contributed by atoms with Crippen LogP contribution in [0.25, 0.3) is 23.3 Å². The van der Waals surface area contributed by atoms with Gasteiger partial charge in [-0.3, -0.25) is 0 Å². The summed E-state index contributed by atoms with van der Waals surface area (Å²) in [7, 11) is 0. The van der Waals surface area contributed by atoms with Crippen molar-refractivity contribution in [2.75, 3.05) is 0 Å². The van der Waals surface area contributed by atoms with Crippen LogP contribution in [0.4, 0.5) is 0 Å². The highest BCUT2D eigenvalue weighted by Gasteiger charge is 2.48. The summed E-state index contributed by atoms with van der Waals surface area (Å²) in [5.74, 6) is 0. The summed E-state index contributed by atoms with van der Waals surface area (Å²) < 4.78 is 1.15. The SMILES string of the molecule is Brc1cccc2c1-c1ccccc1C21c2ccccc2C=Cc2ccccc21. The molecule has 4 aromatic rings. The van der Waals surface area contributed by atoms with Crippen LogP contribution in [-0.4, -0.2) is 0 Å². The van der Waals surface area contributed by atoms with Crippen molar-refractivity contribution in [2.45, 2.75) is 5.41 Å². The molecule has 0 aliphatic heterocycles. The Kier molecular flexibility index (Phi) is 3.33. The van der Waals surface area contributed by atoms with Gasteiger partial charge >= 0.3 is 0 Å². The van der Waals surface area contributed by atoms with E-state index in [2.05, 4.69) is 119 Å². The molecule has 4 aromatic carbocycles. The zero-order valence-electron chi connectivity index (χ0n) is 15.2. The Bertz CT molecular complexity index is 1230. The fraction of sp³-hybridized carbons (Fsp3) is 0.0370. The maximum atomic E-state index is 3.85. The quantitative estimate of drug-likeness (QED) is 0.242. The molecule has 2 aliphatic rings. The van der Waals surface area contributed by atoms with Gasteiger partial charge in [-0.05, 0) is 45.0 Å². The monoisotopic (exact) mass is 420 g/mol. The van der Waals surface area contributed by atoms with Gasteiger partial charge in [-0.15, -0.1) is 0 Å². The van der Waals surface area contributed by atoms with Crippen molar-refractivity contribution in [3.8, 4) is 11.1 Å². The van der Waals surface area contributed by atoms with Gasteiger partial charge in [0, 0.05) is 10.0 Å². The molecule has 0 saturated heterocycles. The third-order valence-corrected chi connectivity index (χ3v) is 6.85. The molecular formula is C27H17Br. The summed E-state index contributed by atoms with van der Waals surface area (Å²) in [6.07, 6.45) is 4.53. The molecule has 0 bridgehead atoms. The van der Waals surface area contributed by atoms with Crippen LogP contribution >= 0.6 is 15.9 Å². The molecule has 0 fully saturated rings. The Morgan fingerprint density at radius 2 is 1.04 bits per heavy atom. The number of fused-ring (bicyclic) bond motifs is 9. The summed E-state index contributed by atoms with van der Waals surface area (Å²) in [6, 6.07) is 33.2. The zero-order chi connectivity index (χ0) is 18.7. The Hall–Kier alpha value is -2.90. The van der Waals surface area contributed by atoms with Crippen molar-refractivity contribution in [1.29, 1.82) is 0 Å². The second-order valence-corrected chi connectivity index (χ2v) is 8.32. The van der Waals surface area contributed by atoms with Crippen molar-refractivity contribution in [2.24, 2.45) is 0 Å². The van der Waals surface area contributed by atoms with Crippen LogP contribution in [0.3, 0.4) is 0 Å². The average Bonchev–Trinajstić information content (AvgIpc) is 2.95. The van der Waals surface area contributed by atoms with Gasteiger partial charge in [-0.25, -0.2) is 0 Å². The van der Waals surface area contributed by atoms with E-state index >= 15 is 0 Å². The molecule has 0 nitrogen and oxygen atoms in total. The van der Waals surface area contributed by atoms with Crippen LogP contribution in [0, 0.1) is 0 Å². The minimum absolute atomic E-state index is 0.313. The minimum Gasteiger partial charge on any atom is -0.0619 e. The highest BCUT2D eigenvalue weighted by molar-refractivity contribution is 9.10. The average molecular weight is 421 g/mol. The van der Waals surface area contributed by atoms with Gasteiger partial charge in [0.2, 0.25) is 0 Å². The second kappa shape index (κ2) is 5.80. The number of halogens is 1. The van der Waals surface area contributed by atoms with E-state index in [-0.39, 0.29) is 5.41 Å². The van der Waals surface area contributed by atoms with E-state index < -0.39 is 0 Å². The molecule has 0 aromatic heterocycles. The van der Waals surface area contributed by atoms with E-state index in [1.807, 2.05) is 0 Å². The lowest BCUT2D eigenvalue weighted by Gasteiger charge is -2.35. The number of rotatable bonds is 0. The Balaban J connectivity index is 1.90. The molecule has 28 heavy (non-hydrogen) atoms. The molecule has 0 heterocycles. The zero-order valence-corrected chi connectivity index (χ0v) is 16.8. The molecule has 0 N–H and O–H groups in total. The first kappa shape index (κ1) is 16.1. The van der Waals surface area contributed by atoms with E-state index in [1.54, 1.807) is 0 Å². The van der Waals surface area contributed by atoms with Crippen LogP contribution in [0.2, 0.25) is 0 Å². The predicted molar refractivity (Wildman–Crippen MR) is 120 cm³/mol. The summed E-state index contributed by atoms with van der Waals surface area (Å²) in [6.45, 7) is 0. The van der Waals surface area contributed by atoms with Gasteiger partial charge < -0.3 is 0 Å². The molecule has 0 atom stereocenters. The second-order valence-electron chi connectivity index (χ2n) is 7.47. The van der Waals surface area contributed by atoms with Crippen molar-refractivity contribution in [3.63, 3.8) is 0 Å². The fourth-order valence-corrected chi connectivity index (χ4v) is 5.74. The number of hydrogen-bond donors (Lipinski definition) is 0. The molecule has 1 spiro atoms. The first-order valence-electron chi connectivity index (χ1n) is 9.58. The molecular weight excluding hydrogens is 404 g/mol. The Morgan fingerprint density at radius 1 is 0.500 bits per heavy atom. The lowest BCUT2D eigenvalue weighted by atomic mass is 9.66. The van der Waals surface area contributed by atoms with Gasteiger partial charge in [0.15, 0.2) is 0 Å². The van der Waals surface area contributed by atoms with Crippen LogP contribution in [0.15, 0.2) is 95.5 Å². The van der Waals surface area contributed by atoms with Crippen LogP contribution in [0.5, 0.6) is 0 Å². The molecule has 2 aliphatic carbocycles. The highest BCUT2D eigenvalue weighted by atomic mass is 79.9. The smallest absolute Gasteiger partial charge is 0.0619 e. The van der Waals surface area contributed by atoms with E-state index in [4.69, 9.17) is 0 Å². The minimum atomic E-state index is -0.313. The van der Waals surface area contributed by atoms with Crippen molar-refractivity contribution in [3.05, 3.63) is 129 Å². The normalized spacial score (nSPS) is 14.8. The summed E-state index contributed by atoms with van der Waals surface area (Å²) >= 11 is 3.85. The van der Waals surface area contributed by atoms with E-state index in [0.717, 1.165) is 4.47 Å². The molecule has 6 rings (SSSR count). The summed E-state index contributed by atoms with van der Waals surface area (Å²) in [4.78, 5) is 0. The van der Waals surface area contributed by atoms with Gasteiger partial charge in [-0.1, -0.05) is 113 Å². The Morgan fingerprint density at radius 3 is 1.71 bits per heavy atom. The van der Waals surface area contributed by atoms with Crippen molar-refractivity contribution < 1.29 is 0 Å². The topological polar surface area (TPSA) is 0 Å². The van der Waals surface area contributed by atoms with Gasteiger partial charge in [0.1, 0.15) is 0 Å². The maximum absolute atomic E-state index is 3.85. The predicted octanol–water partition coefficient (Wildman–Crippen LogP) is 7.30. The molecule has 0 radical (unpaired) electrons. The fourth-order valence-electron chi connectivity index (χ4n) is 5.16. The van der Waals surface area contributed by atoms with Gasteiger partial charge in [-0.2, -0.15) is 0 Å². The van der Waals surface area contributed by atoms with Gasteiger partial charge in [0.25, 0.3) is 0 Å². The lowest BCUT2D eigenvalue weighted by molar-refractivity contribution is 0.766. The van der Waals surface area contributed by atoms with Crippen LogP contribution in [0.1, 0.15) is 33.4 Å². The number of benzene rings is 4. The lowest BCUT2D eigenvalue weighted by Crippen LogP contribution is -2.29. The van der Waals surface area contributed by atoms with E-state index in [9.17, 15) is 0 Å². The first-order chi connectivity index (χ1) is 13.8. The third kappa shape index (κ3) is 1.90. The molecule has 0 saturated carbocycles. The first-order valence-corrected chi connectivity index (χ1v) is 10.4. The molecule has 0 amide bonds. The van der Waals surface area contributed by atoms with E-state index in [1.165, 1.54) is 44.5 Å². The number of hydrogen-bond acceptors (Lipinski definition) is 0. The van der Waals surface area contributed by atoms with Gasteiger partial charge in [0.05, 0.1) is 5.41 Å². The van der Waals surface area contributed by atoms with Crippen LogP contribution < -0.4 is 0 Å². The summed E-state index contributed by atoms with van der Waals surface area (Å²) in [5.41, 5.74) is 10.3. The van der Waals surface area contributed by atoms with Crippen molar-refractivity contribution >= 4 is 28.1 Å². The molecule has 132 valence electrons. The molecule has 1 heteroatoms. The highest BCUT2D eigenvalue weighted by Crippen LogP contribution is 2.59. The maximum Gasteiger partial charge on any atom is 0.0725 e.